The summed E-state index contributed by atoms with van der Waals surface area (Å²) in [6, 6.07) is 9.37. The molecule has 1 aliphatic rings. The second-order valence-electron chi connectivity index (χ2n) is 5.50. The molecule has 1 N–H and O–H groups in total. The first-order valence-corrected chi connectivity index (χ1v) is 7.32. The molecule has 0 aromatic heterocycles. The van der Waals surface area contributed by atoms with E-state index < -0.39 is 0 Å². The summed E-state index contributed by atoms with van der Waals surface area (Å²) in [5, 5.41) is 3.07. The number of hydrogen-bond donors (Lipinski definition) is 1. The number of carbonyl (C=O) groups is 1. The molecule has 4 nitrogen and oxygen atoms in total. The Bertz CT molecular complexity index is 429. The van der Waals surface area contributed by atoms with Crippen LogP contribution in [0.15, 0.2) is 30.3 Å². The molecule has 1 saturated heterocycles. The first-order valence-electron chi connectivity index (χ1n) is 7.32. The SMILES string of the molecule is CC[C@@](C)(CNC(=O)c1ccccc1)N1CCOCC1. The van der Waals surface area contributed by atoms with Crippen molar-refractivity contribution in [1.29, 1.82) is 0 Å². The van der Waals surface area contributed by atoms with Crippen LogP contribution in [0, 0.1) is 0 Å². The topological polar surface area (TPSA) is 41.6 Å². The molecule has 0 unspecified atom stereocenters. The fourth-order valence-electron chi connectivity index (χ4n) is 2.53. The van der Waals surface area contributed by atoms with Crippen LogP contribution in [0.2, 0.25) is 0 Å². The van der Waals surface area contributed by atoms with Crippen LogP contribution in [0.25, 0.3) is 0 Å². The van der Waals surface area contributed by atoms with E-state index in [0.29, 0.717) is 12.1 Å². The molecule has 0 spiro atoms. The number of ether oxygens (including phenoxy) is 1. The molecule has 1 aliphatic heterocycles. The number of morpholine rings is 1. The van der Waals surface area contributed by atoms with Gasteiger partial charge in [-0.3, -0.25) is 9.69 Å². The van der Waals surface area contributed by atoms with Gasteiger partial charge in [0.15, 0.2) is 0 Å². The van der Waals surface area contributed by atoms with Crippen molar-refractivity contribution in [3.05, 3.63) is 35.9 Å². The minimum atomic E-state index is -0.00573. The van der Waals surface area contributed by atoms with Crippen molar-refractivity contribution >= 4 is 5.91 Å². The molecule has 1 amide bonds. The van der Waals surface area contributed by atoms with Crippen LogP contribution in [0.1, 0.15) is 30.6 Å². The predicted octanol–water partition coefficient (Wildman–Crippen LogP) is 1.92. The summed E-state index contributed by atoms with van der Waals surface area (Å²) in [4.78, 5) is 14.6. The van der Waals surface area contributed by atoms with Gasteiger partial charge in [-0.1, -0.05) is 25.1 Å². The van der Waals surface area contributed by atoms with Gasteiger partial charge in [0, 0.05) is 30.7 Å². The smallest absolute Gasteiger partial charge is 0.251 e. The Balaban J connectivity index is 1.94. The Kier molecular flexibility index (Phi) is 5.15. The molecule has 4 heteroatoms. The summed E-state index contributed by atoms with van der Waals surface area (Å²) >= 11 is 0. The van der Waals surface area contributed by atoms with Gasteiger partial charge in [0.2, 0.25) is 0 Å². The molecule has 1 fully saturated rings. The van der Waals surface area contributed by atoms with Crippen LogP contribution >= 0.6 is 0 Å². The third kappa shape index (κ3) is 3.58. The molecule has 1 atom stereocenters. The number of nitrogens with one attached hydrogen (secondary N) is 1. The van der Waals surface area contributed by atoms with Crippen molar-refractivity contribution in [1.82, 2.24) is 10.2 Å². The van der Waals surface area contributed by atoms with Gasteiger partial charge in [-0.05, 0) is 25.5 Å². The Morgan fingerprint density at radius 3 is 2.55 bits per heavy atom. The van der Waals surface area contributed by atoms with E-state index in [2.05, 4.69) is 24.1 Å². The average Bonchev–Trinajstić information content (AvgIpc) is 2.54. The van der Waals surface area contributed by atoms with Crippen molar-refractivity contribution in [3.63, 3.8) is 0 Å². The van der Waals surface area contributed by atoms with E-state index >= 15 is 0 Å². The van der Waals surface area contributed by atoms with E-state index in [9.17, 15) is 4.79 Å². The van der Waals surface area contributed by atoms with Crippen molar-refractivity contribution < 1.29 is 9.53 Å². The number of carbonyl (C=O) groups excluding carboxylic acids is 1. The van der Waals surface area contributed by atoms with Crippen LogP contribution in [0.3, 0.4) is 0 Å². The van der Waals surface area contributed by atoms with Crippen LogP contribution < -0.4 is 5.32 Å². The van der Waals surface area contributed by atoms with Gasteiger partial charge in [-0.15, -0.1) is 0 Å². The van der Waals surface area contributed by atoms with Gasteiger partial charge in [0.25, 0.3) is 5.91 Å². The van der Waals surface area contributed by atoms with E-state index in [1.807, 2.05) is 30.3 Å². The maximum absolute atomic E-state index is 12.1. The maximum Gasteiger partial charge on any atom is 0.251 e. The largest absolute Gasteiger partial charge is 0.379 e. The highest BCUT2D eigenvalue weighted by atomic mass is 16.5. The number of rotatable bonds is 5. The molecule has 0 aliphatic carbocycles. The zero-order valence-electron chi connectivity index (χ0n) is 12.4. The van der Waals surface area contributed by atoms with Gasteiger partial charge in [0.1, 0.15) is 0 Å². The summed E-state index contributed by atoms with van der Waals surface area (Å²) in [5.74, 6) is -0.00136. The average molecular weight is 276 g/mol. The second-order valence-corrected chi connectivity index (χ2v) is 5.50. The monoisotopic (exact) mass is 276 g/mol. The molecule has 1 aromatic carbocycles. The van der Waals surface area contributed by atoms with Gasteiger partial charge in [-0.2, -0.15) is 0 Å². The molecule has 0 bridgehead atoms. The van der Waals surface area contributed by atoms with Gasteiger partial charge in [-0.25, -0.2) is 0 Å². The summed E-state index contributed by atoms with van der Waals surface area (Å²) in [6.07, 6.45) is 1.00. The summed E-state index contributed by atoms with van der Waals surface area (Å²) in [6.45, 7) is 8.48. The predicted molar refractivity (Wildman–Crippen MR) is 79.9 cm³/mol. The van der Waals surface area contributed by atoms with E-state index in [-0.39, 0.29) is 11.4 Å². The lowest BCUT2D eigenvalue weighted by molar-refractivity contribution is -0.0169. The Morgan fingerprint density at radius 1 is 1.30 bits per heavy atom. The lowest BCUT2D eigenvalue weighted by Crippen LogP contribution is -2.56. The van der Waals surface area contributed by atoms with Gasteiger partial charge in [0.05, 0.1) is 13.2 Å². The molecule has 20 heavy (non-hydrogen) atoms. The first-order chi connectivity index (χ1) is 9.65. The standard InChI is InChI=1S/C16H24N2O2/c1-3-16(2,18-9-11-20-12-10-18)13-17-15(19)14-7-5-4-6-8-14/h4-8H,3,9-13H2,1-2H3,(H,17,19)/t16-/m0/s1. The third-order valence-electron chi connectivity index (χ3n) is 4.20. The Labute approximate surface area is 121 Å². The zero-order chi connectivity index (χ0) is 14.4. The second kappa shape index (κ2) is 6.86. The molecule has 1 aromatic rings. The molecule has 0 radical (unpaired) electrons. The lowest BCUT2D eigenvalue weighted by atomic mass is 9.95. The molecular weight excluding hydrogens is 252 g/mol. The zero-order valence-corrected chi connectivity index (χ0v) is 12.4. The van der Waals surface area contributed by atoms with Crippen LogP contribution in [-0.4, -0.2) is 49.2 Å². The third-order valence-corrected chi connectivity index (χ3v) is 4.20. The van der Waals surface area contributed by atoms with E-state index in [1.165, 1.54) is 0 Å². The van der Waals surface area contributed by atoms with Crippen molar-refractivity contribution in [3.8, 4) is 0 Å². The van der Waals surface area contributed by atoms with Crippen molar-refractivity contribution in [2.24, 2.45) is 0 Å². The fraction of sp³-hybridized carbons (Fsp3) is 0.562. The quantitative estimate of drug-likeness (QED) is 0.893. The Hall–Kier alpha value is -1.39. The number of hydrogen-bond acceptors (Lipinski definition) is 3. The van der Waals surface area contributed by atoms with E-state index in [0.717, 1.165) is 32.7 Å². The normalized spacial score (nSPS) is 19.3. The minimum Gasteiger partial charge on any atom is -0.379 e. The molecule has 2 rings (SSSR count). The summed E-state index contributed by atoms with van der Waals surface area (Å²) < 4.78 is 5.41. The van der Waals surface area contributed by atoms with Crippen molar-refractivity contribution in [2.45, 2.75) is 25.8 Å². The summed E-state index contributed by atoms with van der Waals surface area (Å²) in [7, 11) is 0. The van der Waals surface area contributed by atoms with Crippen molar-refractivity contribution in [2.75, 3.05) is 32.8 Å². The first kappa shape index (κ1) is 15.0. The van der Waals surface area contributed by atoms with Crippen LogP contribution in [0.4, 0.5) is 0 Å². The highest BCUT2D eigenvalue weighted by Gasteiger charge is 2.31. The van der Waals surface area contributed by atoms with E-state index in [1.54, 1.807) is 0 Å². The van der Waals surface area contributed by atoms with Crippen LogP contribution in [0.5, 0.6) is 0 Å². The number of benzene rings is 1. The number of amides is 1. The molecular formula is C16H24N2O2. The number of nitrogens with zero attached hydrogens (tertiary/aromatic N) is 1. The summed E-state index contributed by atoms with van der Waals surface area (Å²) in [5.41, 5.74) is 0.710. The molecule has 1 heterocycles. The highest BCUT2D eigenvalue weighted by molar-refractivity contribution is 5.94. The minimum absolute atomic E-state index is 0.00136. The Morgan fingerprint density at radius 2 is 1.95 bits per heavy atom. The fourth-order valence-corrected chi connectivity index (χ4v) is 2.53. The molecule has 0 saturated carbocycles. The van der Waals surface area contributed by atoms with Gasteiger partial charge < -0.3 is 10.1 Å². The molecule has 110 valence electrons. The van der Waals surface area contributed by atoms with E-state index in [4.69, 9.17) is 4.74 Å². The lowest BCUT2D eigenvalue weighted by Gasteiger charge is -2.43. The van der Waals surface area contributed by atoms with Crippen LogP contribution in [-0.2, 0) is 4.74 Å². The maximum atomic E-state index is 12.1. The van der Waals surface area contributed by atoms with Gasteiger partial charge >= 0.3 is 0 Å². The highest BCUT2D eigenvalue weighted by Crippen LogP contribution is 2.20.